The first kappa shape index (κ1) is 34.6. The van der Waals surface area contributed by atoms with Crippen molar-refractivity contribution in [1.29, 1.82) is 0 Å². The number of hydrogen-bond acceptors (Lipinski definition) is 8. The Balaban J connectivity index is 1.12. The van der Waals surface area contributed by atoms with Crippen LogP contribution in [0.4, 0.5) is 10.8 Å². The van der Waals surface area contributed by atoms with Crippen molar-refractivity contribution >= 4 is 93.4 Å². The van der Waals surface area contributed by atoms with Gasteiger partial charge in [0.05, 0.1) is 28.3 Å². The van der Waals surface area contributed by atoms with Crippen molar-refractivity contribution in [3.8, 4) is 17.2 Å². The number of benzene rings is 3. The summed E-state index contributed by atoms with van der Waals surface area (Å²) in [6.07, 6.45) is 5.99. The number of halogens is 3. The zero-order valence-corrected chi connectivity index (χ0v) is 31.8. The molecule has 13 heteroatoms. The molecule has 0 fully saturated rings. The number of methoxy groups -OCH3 is 1. The third kappa shape index (κ3) is 7.35. The quantitative estimate of drug-likeness (QED) is 0.103. The highest BCUT2D eigenvalue weighted by Crippen LogP contribution is 2.42. The molecule has 48 heavy (non-hydrogen) atoms. The summed E-state index contributed by atoms with van der Waals surface area (Å²) >= 11 is 11.7. The second kappa shape index (κ2) is 14.7. The van der Waals surface area contributed by atoms with Crippen LogP contribution in [0.1, 0.15) is 48.4 Å². The van der Waals surface area contributed by atoms with Crippen LogP contribution in [0.15, 0.2) is 67.5 Å². The highest BCUT2D eigenvalue weighted by atomic mass is 79.9. The van der Waals surface area contributed by atoms with Gasteiger partial charge in [0.1, 0.15) is 5.75 Å². The van der Waals surface area contributed by atoms with Crippen LogP contribution in [0, 0.1) is 0 Å². The lowest BCUT2D eigenvalue weighted by Crippen LogP contribution is -2.47. The standard InChI is InChI=1S/C35H33Br3N4O5S/c1-35(19-31(43)41-34-39-9-12-48-34)25-18-30(29(46-2)16-21(25)7-8-40-35)47-11-4-3-10-42-28-6-5-22(36)17-23(28)24(33(42)45)13-20-14-26(37)32(44)27(38)15-20/h5-6,9,12-18,40,44H,3-4,7-8,10-11,19H2,1-2H3,(H,39,41,43)/b24-13-. The van der Waals surface area contributed by atoms with Crippen LogP contribution in [0.2, 0.25) is 0 Å². The first-order valence-electron chi connectivity index (χ1n) is 15.4. The monoisotopic (exact) mass is 858 g/mol. The van der Waals surface area contributed by atoms with Crippen LogP contribution < -0.4 is 25.0 Å². The molecule has 2 amide bonds. The number of nitrogens with zero attached hydrogens (tertiary/aromatic N) is 2. The molecular weight excluding hydrogens is 828 g/mol. The van der Waals surface area contributed by atoms with Crippen LogP contribution in [0.5, 0.6) is 17.2 Å². The lowest BCUT2D eigenvalue weighted by atomic mass is 9.81. The summed E-state index contributed by atoms with van der Waals surface area (Å²) in [5, 5.41) is 19.0. The molecule has 3 heterocycles. The van der Waals surface area contributed by atoms with E-state index in [0.29, 0.717) is 57.1 Å². The van der Waals surface area contributed by atoms with E-state index in [4.69, 9.17) is 9.47 Å². The minimum atomic E-state index is -0.588. The fourth-order valence-electron chi connectivity index (χ4n) is 6.17. The Bertz CT molecular complexity index is 1880. The van der Waals surface area contributed by atoms with Gasteiger partial charge in [-0.05, 0) is 123 Å². The van der Waals surface area contributed by atoms with Gasteiger partial charge >= 0.3 is 0 Å². The van der Waals surface area contributed by atoms with E-state index in [0.717, 1.165) is 45.4 Å². The van der Waals surface area contributed by atoms with E-state index in [9.17, 15) is 14.7 Å². The minimum Gasteiger partial charge on any atom is -0.506 e. The minimum absolute atomic E-state index is 0.0774. The largest absolute Gasteiger partial charge is 0.506 e. The zero-order valence-electron chi connectivity index (χ0n) is 26.2. The maximum Gasteiger partial charge on any atom is 0.258 e. The predicted octanol–water partition coefficient (Wildman–Crippen LogP) is 8.28. The number of thiazole rings is 1. The maximum absolute atomic E-state index is 13.7. The second-order valence-corrected chi connectivity index (χ2v) is 15.3. The van der Waals surface area contributed by atoms with Crippen molar-refractivity contribution in [3.63, 3.8) is 0 Å². The molecule has 0 bridgehead atoms. The van der Waals surface area contributed by atoms with Crippen molar-refractivity contribution in [2.24, 2.45) is 0 Å². The number of phenols is 1. The first-order chi connectivity index (χ1) is 23.1. The van der Waals surface area contributed by atoms with E-state index in [-0.39, 0.29) is 24.0 Å². The maximum atomic E-state index is 13.7. The Morgan fingerprint density at radius 1 is 1.15 bits per heavy atom. The van der Waals surface area contributed by atoms with Gasteiger partial charge in [-0.2, -0.15) is 0 Å². The molecule has 6 rings (SSSR count). The molecule has 1 aromatic heterocycles. The Morgan fingerprint density at radius 3 is 2.67 bits per heavy atom. The molecule has 0 saturated carbocycles. The Hall–Kier alpha value is -3.23. The van der Waals surface area contributed by atoms with Crippen molar-refractivity contribution in [2.45, 2.75) is 38.1 Å². The number of carbonyl (C=O) groups is 2. The number of unbranched alkanes of at least 4 members (excludes halogenated alkanes) is 1. The van der Waals surface area contributed by atoms with Gasteiger partial charge in [0, 0.05) is 52.2 Å². The number of aromatic nitrogens is 1. The number of hydrogen-bond donors (Lipinski definition) is 3. The van der Waals surface area contributed by atoms with Gasteiger partial charge in [-0.25, -0.2) is 4.98 Å². The summed E-state index contributed by atoms with van der Waals surface area (Å²) < 4.78 is 13.9. The number of rotatable bonds is 11. The van der Waals surface area contributed by atoms with Gasteiger partial charge in [0.2, 0.25) is 5.91 Å². The van der Waals surface area contributed by atoms with Gasteiger partial charge < -0.3 is 30.1 Å². The third-order valence-electron chi connectivity index (χ3n) is 8.49. The van der Waals surface area contributed by atoms with Crippen molar-refractivity contribution in [3.05, 3.63) is 89.7 Å². The summed E-state index contributed by atoms with van der Waals surface area (Å²) in [4.78, 5) is 32.6. The number of aromatic hydroxyl groups is 1. The normalized spacial score (nSPS) is 17.7. The molecule has 3 N–H and O–H groups in total. The molecule has 2 aliphatic rings. The number of phenolic OH excluding ortho intramolecular Hbond substituents is 1. The zero-order chi connectivity index (χ0) is 34.0. The summed E-state index contributed by atoms with van der Waals surface area (Å²) in [5.41, 5.74) is 4.61. The molecule has 9 nitrogen and oxygen atoms in total. The van der Waals surface area contributed by atoms with E-state index in [1.807, 2.05) is 53.6 Å². The first-order valence-corrected chi connectivity index (χ1v) is 18.6. The van der Waals surface area contributed by atoms with Crippen LogP contribution in [0.25, 0.3) is 11.6 Å². The summed E-state index contributed by atoms with van der Waals surface area (Å²) in [6.45, 7) is 3.73. The number of nitrogens with one attached hydrogen (secondary N) is 2. The van der Waals surface area contributed by atoms with Crippen LogP contribution in [-0.2, 0) is 21.5 Å². The predicted molar refractivity (Wildman–Crippen MR) is 200 cm³/mol. The number of ether oxygens (including phenoxy) is 2. The summed E-state index contributed by atoms with van der Waals surface area (Å²) in [6, 6.07) is 13.4. The fraction of sp³-hybridized carbons (Fsp3) is 0.286. The molecule has 0 radical (unpaired) electrons. The molecule has 3 aromatic carbocycles. The molecular formula is C35H33Br3N4O5S. The number of carbonyl (C=O) groups excluding carboxylic acids is 2. The molecule has 250 valence electrons. The average molecular weight is 861 g/mol. The molecule has 0 aliphatic carbocycles. The lowest BCUT2D eigenvalue weighted by molar-refractivity contribution is -0.117. The SMILES string of the molecule is COc1cc2c(cc1OCCCCN1C(=O)/C(=C\c3cc(Br)c(O)c(Br)c3)c3cc(Br)ccc31)C(C)(CC(=O)Nc1nccs1)NCC2. The van der Waals surface area contributed by atoms with Gasteiger partial charge in [-0.3, -0.25) is 9.59 Å². The van der Waals surface area contributed by atoms with Gasteiger partial charge in [-0.1, -0.05) is 15.9 Å². The smallest absolute Gasteiger partial charge is 0.258 e. The number of amides is 2. The van der Waals surface area contributed by atoms with E-state index in [1.54, 1.807) is 25.4 Å². The Kier molecular flexibility index (Phi) is 10.6. The van der Waals surface area contributed by atoms with E-state index >= 15 is 0 Å². The van der Waals surface area contributed by atoms with E-state index in [1.165, 1.54) is 11.3 Å². The van der Waals surface area contributed by atoms with Crippen molar-refractivity contribution in [2.75, 3.05) is 37.0 Å². The lowest BCUT2D eigenvalue weighted by Gasteiger charge is -2.37. The Morgan fingerprint density at radius 2 is 1.94 bits per heavy atom. The van der Waals surface area contributed by atoms with Crippen LogP contribution in [0.3, 0.4) is 0 Å². The molecule has 0 saturated heterocycles. The number of anilines is 2. The van der Waals surface area contributed by atoms with Crippen LogP contribution in [-0.4, -0.2) is 48.7 Å². The fourth-order valence-corrected chi connectivity index (χ4v) is 8.30. The molecule has 2 aliphatic heterocycles. The third-order valence-corrected chi connectivity index (χ3v) is 10.9. The number of fused-ring (bicyclic) bond motifs is 2. The molecule has 4 aromatic rings. The molecule has 1 atom stereocenters. The molecule has 1 unspecified atom stereocenters. The second-order valence-electron chi connectivity index (χ2n) is 11.8. The van der Waals surface area contributed by atoms with Gasteiger partial charge in [0.25, 0.3) is 5.91 Å². The Labute approximate surface area is 308 Å². The van der Waals surface area contributed by atoms with Gasteiger partial charge in [-0.15, -0.1) is 11.3 Å². The van der Waals surface area contributed by atoms with E-state index < -0.39 is 5.54 Å². The van der Waals surface area contributed by atoms with Gasteiger partial charge in [0.15, 0.2) is 16.6 Å². The van der Waals surface area contributed by atoms with Crippen molar-refractivity contribution in [1.82, 2.24) is 10.3 Å². The topological polar surface area (TPSA) is 113 Å². The summed E-state index contributed by atoms with van der Waals surface area (Å²) in [5.74, 6) is 1.19. The molecule has 0 spiro atoms. The van der Waals surface area contributed by atoms with Crippen LogP contribution >= 0.6 is 59.1 Å². The average Bonchev–Trinajstić information content (AvgIpc) is 3.65. The summed E-state index contributed by atoms with van der Waals surface area (Å²) in [7, 11) is 1.63. The van der Waals surface area contributed by atoms with Crippen molar-refractivity contribution < 1.29 is 24.2 Å². The highest BCUT2D eigenvalue weighted by Gasteiger charge is 2.36. The highest BCUT2D eigenvalue weighted by molar-refractivity contribution is 9.11. The van der Waals surface area contributed by atoms with E-state index in [2.05, 4.69) is 63.4 Å².